The number of benzene rings is 1. The van der Waals surface area contributed by atoms with Gasteiger partial charge in [0.25, 0.3) is 11.6 Å². The van der Waals surface area contributed by atoms with Crippen molar-refractivity contribution in [1.29, 1.82) is 0 Å². The van der Waals surface area contributed by atoms with Crippen LogP contribution in [0.3, 0.4) is 0 Å². The Hall–Kier alpha value is -1.66. The maximum atomic E-state index is 12.2. The van der Waals surface area contributed by atoms with Gasteiger partial charge in [0.15, 0.2) is 0 Å². The third kappa shape index (κ3) is 4.99. The molecular formula is C14H20ClN3O3. The highest BCUT2D eigenvalue weighted by Gasteiger charge is 2.22. The molecule has 0 aliphatic heterocycles. The molecule has 0 aromatic heterocycles. The second-order valence-corrected chi connectivity index (χ2v) is 5.22. The highest BCUT2D eigenvalue weighted by Crippen LogP contribution is 2.22. The summed E-state index contributed by atoms with van der Waals surface area (Å²) in [4.78, 5) is 24.7. The van der Waals surface area contributed by atoms with E-state index in [-0.39, 0.29) is 17.3 Å². The van der Waals surface area contributed by atoms with Gasteiger partial charge in [0.2, 0.25) is 0 Å². The molecule has 1 rings (SSSR count). The molecule has 0 aliphatic carbocycles. The van der Waals surface area contributed by atoms with Crippen LogP contribution in [0.5, 0.6) is 0 Å². The quantitative estimate of drug-likeness (QED) is 0.620. The van der Waals surface area contributed by atoms with Crippen LogP contribution >= 0.6 is 11.6 Å². The van der Waals surface area contributed by atoms with Crippen molar-refractivity contribution in [2.24, 2.45) is 0 Å². The van der Waals surface area contributed by atoms with Gasteiger partial charge < -0.3 is 10.2 Å². The van der Waals surface area contributed by atoms with Crippen LogP contribution in [0, 0.1) is 10.1 Å². The largest absolute Gasteiger partial charge is 0.348 e. The molecule has 1 atom stereocenters. The molecule has 1 unspecified atom stereocenters. The highest BCUT2D eigenvalue weighted by atomic mass is 35.5. The van der Waals surface area contributed by atoms with Crippen LogP contribution in [0.15, 0.2) is 18.2 Å². The normalized spacial score (nSPS) is 12.2. The standard InChI is InChI=1S/C14H20ClN3O3/c1-4-17(5-2)9-10(3)16-14(19)12-8-11(15)6-7-13(12)18(20)21/h6-8,10H,4-5,9H2,1-3H3,(H,16,19). The zero-order chi connectivity index (χ0) is 16.0. The zero-order valence-electron chi connectivity index (χ0n) is 12.4. The van der Waals surface area contributed by atoms with Crippen LogP contribution in [-0.2, 0) is 0 Å². The average Bonchev–Trinajstić information content (AvgIpc) is 2.44. The predicted molar refractivity (Wildman–Crippen MR) is 82.8 cm³/mol. The molecule has 7 heteroatoms. The molecule has 0 radical (unpaired) electrons. The van der Waals surface area contributed by atoms with E-state index in [0.717, 1.165) is 13.1 Å². The number of nitrogens with one attached hydrogen (secondary N) is 1. The SMILES string of the molecule is CCN(CC)CC(C)NC(=O)c1cc(Cl)ccc1[N+](=O)[O-]. The van der Waals surface area contributed by atoms with E-state index in [2.05, 4.69) is 10.2 Å². The molecule has 1 N–H and O–H groups in total. The molecule has 0 heterocycles. The lowest BCUT2D eigenvalue weighted by Gasteiger charge is -2.23. The predicted octanol–water partition coefficient (Wildman–Crippen LogP) is 2.71. The van der Waals surface area contributed by atoms with E-state index < -0.39 is 10.8 Å². The Kier molecular flexibility index (Phi) is 6.58. The van der Waals surface area contributed by atoms with Crippen LogP contribution in [0.1, 0.15) is 31.1 Å². The molecule has 0 spiro atoms. The van der Waals surface area contributed by atoms with E-state index >= 15 is 0 Å². The van der Waals surface area contributed by atoms with Gasteiger partial charge in [-0.15, -0.1) is 0 Å². The molecule has 21 heavy (non-hydrogen) atoms. The van der Waals surface area contributed by atoms with E-state index in [9.17, 15) is 14.9 Å². The summed E-state index contributed by atoms with van der Waals surface area (Å²) in [5.74, 6) is -0.483. The smallest absolute Gasteiger partial charge is 0.282 e. The van der Waals surface area contributed by atoms with E-state index in [4.69, 9.17) is 11.6 Å². The molecule has 0 fully saturated rings. The summed E-state index contributed by atoms with van der Waals surface area (Å²) < 4.78 is 0. The Morgan fingerprint density at radius 3 is 2.57 bits per heavy atom. The molecule has 0 saturated carbocycles. The molecule has 1 aromatic carbocycles. The third-order valence-corrected chi connectivity index (χ3v) is 3.44. The minimum Gasteiger partial charge on any atom is -0.348 e. The fraction of sp³-hybridized carbons (Fsp3) is 0.500. The molecule has 116 valence electrons. The van der Waals surface area contributed by atoms with E-state index in [1.807, 2.05) is 20.8 Å². The van der Waals surface area contributed by atoms with Gasteiger partial charge in [-0.25, -0.2) is 0 Å². The summed E-state index contributed by atoms with van der Waals surface area (Å²) in [5.41, 5.74) is -0.258. The summed E-state index contributed by atoms with van der Waals surface area (Å²) in [5, 5.41) is 14.0. The van der Waals surface area contributed by atoms with Crippen molar-refractivity contribution in [3.05, 3.63) is 38.9 Å². The summed E-state index contributed by atoms with van der Waals surface area (Å²) >= 11 is 5.82. The fourth-order valence-electron chi connectivity index (χ4n) is 2.07. The van der Waals surface area contributed by atoms with Gasteiger partial charge in [0.05, 0.1) is 4.92 Å². The third-order valence-electron chi connectivity index (χ3n) is 3.20. The first kappa shape index (κ1) is 17.4. The number of carbonyl (C=O) groups excluding carboxylic acids is 1. The maximum Gasteiger partial charge on any atom is 0.282 e. The van der Waals surface area contributed by atoms with Crippen LogP contribution in [-0.4, -0.2) is 41.4 Å². The number of hydrogen-bond donors (Lipinski definition) is 1. The lowest BCUT2D eigenvalue weighted by molar-refractivity contribution is -0.385. The second-order valence-electron chi connectivity index (χ2n) is 4.78. The maximum absolute atomic E-state index is 12.2. The van der Waals surface area contributed by atoms with Gasteiger partial charge >= 0.3 is 0 Å². The fourth-order valence-corrected chi connectivity index (χ4v) is 2.24. The van der Waals surface area contributed by atoms with Crippen molar-refractivity contribution >= 4 is 23.2 Å². The Labute approximate surface area is 129 Å². The van der Waals surface area contributed by atoms with Crippen LogP contribution < -0.4 is 5.32 Å². The van der Waals surface area contributed by atoms with Crippen LogP contribution in [0.4, 0.5) is 5.69 Å². The monoisotopic (exact) mass is 313 g/mol. The molecule has 6 nitrogen and oxygen atoms in total. The Morgan fingerprint density at radius 2 is 2.05 bits per heavy atom. The lowest BCUT2D eigenvalue weighted by Crippen LogP contribution is -2.42. The van der Waals surface area contributed by atoms with E-state index in [1.54, 1.807) is 0 Å². The Balaban J connectivity index is 2.84. The minimum absolute atomic E-state index is 0.0149. The number of nitro benzene ring substituents is 1. The number of halogens is 1. The Bertz CT molecular complexity index is 518. The van der Waals surface area contributed by atoms with Gasteiger partial charge in [0.1, 0.15) is 5.56 Å². The summed E-state index contributed by atoms with van der Waals surface area (Å²) in [6.45, 7) is 8.40. The number of carbonyl (C=O) groups is 1. The molecule has 0 bridgehead atoms. The molecule has 0 aliphatic rings. The van der Waals surface area contributed by atoms with Crippen LogP contribution in [0.25, 0.3) is 0 Å². The number of nitro groups is 1. The van der Waals surface area contributed by atoms with Gasteiger partial charge in [-0.05, 0) is 32.1 Å². The number of nitrogens with zero attached hydrogens (tertiary/aromatic N) is 2. The van der Waals surface area contributed by atoms with E-state index in [1.165, 1.54) is 18.2 Å². The summed E-state index contributed by atoms with van der Waals surface area (Å²) in [6.07, 6.45) is 0. The van der Waals surface area contributed by atoms with Gasteiger partial charge in [-0.3, -0.25) is 14.9 Å². The highest BCUT2D eigenvalue weighted by molar-refractivity contribution is 6.31. The lowest BCUT2D eigenvalue weighted by atomic mass is 10.1. The molecule has 0 saturated heterocycles. The molecule has 1 amide bonds. The van der Waals surface area contributed by atoms with Crippen molar-refractivity contribution in [1.82, 2.24) is 10.2 Å². The topological polar surface area (TPSA) is 75.5 Å². The van der Waals surface area contributed by atoms with Crippen LogP contribution in [0.2, 0.25) is 5.02 Å². The molecular weight excluding hydrogens is 294 g/mol. The van der Waals surface area contributed by atoms with Crippen molar-refractivity contribution in [2.75, 3.05) is 19.6 Å². The van der Waals surface area contributed by atoms with E-state index in [0.29, 0.717) is 11.6 Å². The van der Waals surface area contributed by atoms with Crippen molar-refractivity contribution in [2.45, 2.75) is 26.8 Å². The first-order valence-corrected chi connectivity index (χ1v) is 7.24. The Morgan fingerprint density at radius 1 is 1.43 bits per heavy atom. The first-order valence-electron chi connectivity index (χ1n) is 6.86. The molecule has 1 aromatic rings. The van der Waals surface area contributed by atoms with Gasteiger partial charge in [0, 0.05) is 23.7 Å². The van der Waals surface area contributed by atoms with Crippen molar-refractivity contribution in [3.8, 4) is 0 Å². The van der Waals surface area contributed by atoms with Gasteiger partial charge in [-0.1, -0.05) is 25.4 Å². The first-order chi connectivity index (χ1) is 9.88. The van der Waals surface area contributed by atoms with Gasteiger partial charge in [-0.2, -0.15) is 0 Å². The van der Waals surface area contributed by atoms with Crippen molar-refractivity contribution in [3.63, 3.8) is 0 Å². The number of amides is 1. The zero-order valence-corrected chi connectivity index (χ0v) is 13.2. The number of hydrogen-bond acceptors (Lipinski definition) is 4. The summed E-state index contributed by atoms with van der Waals surface area (Å²) in [6, 6.07) is 3.84. The number of rotatable bonds is 7. The number of likely N-dealkylation sites (N-methyl/N-ethyl adjacent to an activating group) is 1. The average molecular weight is 314 g/mol. The second kappa shape index (κ2) is 7.95. The van der Waals surface area contributed by atoms with Crippen molar-refractivity contribution < 1.29 is 9.72 Å². The minimum atomic E-state index is -0.583. The summed E-state index contributed by atoms with van der Waals surface area (Å²) in [7, 11) is 0.